The SMILES string of the molecule is Cc1ccc(NC(=O)Cc2csc(NS(=O)(=O)c3ccc(Cl)cc3)n2)cc1Cl. The van der Waals surface area contributed by atoms with Gasteiger partial charge in [-0.3, -0.25) is 9.52 Å². The highest BCUT2D eigenvalue weighted by Crippen LogP contribution is 2.23. The third-order valence-corrected chi connectivity index (χ3v) is 6.64. The highest BCUT2D eigenvalue weighted by Gasteiger charge is 2.17. The third-order valence-electron chi connectivity index (χ3n) is 3.69. The molecule has 1 amide bonds. The Morgan fingerprint density at radius 2 is 1.86 bits per heavy atom. The molecule has 0 aliphatic heterocycles. The van der Waals surface area contributed by atoms with Crippen LogP contribution in [-0.2, 0) is 21.2 Å². The van der Waals surface area contributed by atoms with Crippen molar-refractivity contribution < 1.29 is 13.2 Å². The van der Waals surface area contributed by atoms with Crippen LogP contribution in [0.25, 0.3) is 0 Å². The summed E-state index contributed by atoms with van der Waals surface area (Å²) in [6, 6.07) is 11.0. The molecule has 0 saturated carbocycles. The monoisotopic (exact) mass is 455 g/mol. The standard InChI is InChI=1S/C18H15Cl2N3O3S2/c1-11-2-5-13(8-16(11)20)21-17(24)9-14-10-27-18(22-14)23-28(25,26)15-6-3-12(19)4-7-15/h2-8,10H,9H2,1H3,(H,21,24)(H,22,23). The Kier molecular flexibility index (Phi) is 6.24. The summed E-state index contributed by atoms with van der Waals surface area (Å²) in [5, 5.41) is 5.54. The lowest BCUT2D eigenvalue weighted by Gasteiger charge is -2.06. The Bertz CT molecular complexity index is 1110. The summed E-state index contributed by atoms with van der Waals surface area (Å²) < 4.78 is 27.1. The second-order valence-corrected chi connectivity index (χ2v) is 9.28. The van der Waals surface area contributed by atoms with Gasteiger partial charge in [-0.15, -0.1) is 11.3 Å². The number of aryl methyl sites for hydroxylation is 1. The molecular formula is C18H15Cl2N3O3S2. The van der Waals surface area contributed by atoms with Crippen molar-refractivity contribution in [2.45, 2.75) is 18.2 Å². The van der Waals surface area contributed by atoms with Crippen LogP contribution >= 0.6 is 34.5 Å². The zero-order chi connectivity index (χ0) is 20.3. The van der Waals surface area contributed by atoms with E-state index in [0.717, 1.165) is 16.9 Å². The molecule has 2 N–H and O–H groups in total. The van der Waals surface area contributed by atoms with Crippen molar-refractivity contribution in [3.8, 4) is 0 Å². The van der Waals surface area contributed by atoms with E-state index in [0.29, 0.717) is 21.4 Å². The average molecular weight is 456 g/mol. The fourth-order valence-corrected chi connectivity index (χ4v) is 4.53. The summed E-state index contributed by atoms with van der Waals surface area (Å²) in [6.45, 7) is 1.87. The molecule has 0 fully saturated rings. The van der Waals surface area contributed by atoms with Gasteiger partial charge in [-0.05, 0) is 48.9 Å². The molecule has 2 aromatic carbocycles. The minimum absolute atomic E-state index is 0.00463. The number of hydrogen-bond donors (Lipinski definition) is 2. The number of anilines is 2. The van der Waals surface area contributed by atoms with Crippen molar-refractivity contribution in [2.24, 2.45) is 0 Å². The number of aromatic nitrogens is 1. The lowest BCUT2D eigenvalue weighted by atomic mass is 10.2. The van der Waals surface area contributed by atoms with E-state index in [1.165, 1.54) is 24.3 Å². The highest BCUT2D eigenvalue weighted by atomic mass is 35.5. The number of carbonyl (C=O) groups is 1. The predicted molar refractivity (Wildman–Crippen MR) is 113 cm³/mol. The molecule has 28 heavy (non-hydrogen) atoms. The molecule has 0 aliphatic rings. The molecule has 0 atom stereocenters. The summed E-state index contributed by atoms with van der Waals surface area (Å²) in [5.41, 5.74) is 1.95. The van der Waals surface area contributed by atoms with Crippen LogP contribution in [0.5, 0.6) is 0 Å². The van der Waals surface area contributed by atoms with Gasteiger partial charge in [0, 0.05) is 21.1 Å². The number of amides is 1. The number of nitrogens with zero attached hydrogens (tertiary/aromatic N) is 1. The fraction of sp³-hybridized carbons (Fsp3) is 0.111. The Hall–Kier alpha value is -2.13. The maximum absolute atomic E-state index is 12.4. The van der Waals surface area contributed by atoms with Crippen molar-refractivity contribution in [3.05, 3.63) is 69.1 Å². The van der Waals surface area contributed by atoms with Gasteiger partial charge in [-0.1, -0.05) is 29.3 Å². The molecular weight excluding hydrogens is 441 g/mol. The summed E-state index contributed by atoms with van der Waals surface area (Å²) in [4.78, 5) is 16.4. The van der Waals surface area contributed by atoms with E-state index in [2.05, 4.69) is 15.0 Å². The number of hydrogen-bond acceptors (Lipinski definition) is 5. The maximum Gasteiger partial charge on any atom is 0.263 e. The summed E-state index contributed by atoms with van der Waals surface area (Å²) >= 11 is 12.9. The minimum Gasteiger partial charge on any atom is -0.326 e. The van der Waals surface area contributed by atoms with E-state index in [9.17, 15) is 13.2 Å². The maximum atomic E-state index is 12.4. The Balaban J connectivity index is 1.64. The van der Waals surface area contributed by atoms with Crippen LogP contribution in [0.1, 0.15) is 11.3 Å². The zero-order valence-corrected chi connectivity index (χ0v) is 17.7. The van der Waals surface area contributed by atoms with E-state index < -0.39 is 10.0 Å². The minimum atomic E-state index is -3.78. The van der Waals surface area contributed by atoms with Crippen LogP contribution in [0, 0.1) is 6.92 Å². The second-order valence-electron chi connectivity index (χ2n) is 5.89. The molecule has 0 bridgehead atoms. The first-order chi connectivity index (χ1) is 13.2. The summed E-state index contributed by atoms with van der Waals surface area (Å²) in [5.74, 6) is -0.280. The fourth-order valence-electron chi connectivity index (χ4n) is 2.26. The average Bonchev–Trinajstić information content (AvgIpc) is 3.04. The van der Waals surface area contributed by atoms with Gasteiger partial charge in [-0.25, -0.2) is 13.4 Å². The molecule has 10 heteroatoms. The molecule has 0 saturated heterocycles. The molecule has 0 aliphatic carbocycles. The molecule has 1 heterocycles. The molecule has 1 aromatic heterocycles. The number of sulfonamides is 1. The van der Waals surface area contributed by atoms with Gasteiger partial charge in [0.25, 0.3) is 10.0 Å². The van der Waals surface area contributed by atoms with Crippen LogP contribution in [0.15, 0.2) is 52.7 Å². The van der Waals surface area contributed by atoms with Crippen molar-refractivity contribution in [3.63, 3.8) is 0 Å². The van der Waals surface area contributed by atoms with E-state index in [-0.39, 0.29) is 22.4 Å². The number of carbonyl (C=O) groups excluding carboxylic acids is 1. The van der Waals surface area contributed by atoms with Crippen LogP contribution < -0.4 is 10.0 Å². The van der Waals surface area contributed by atoms with Gasteiger partial charge >= 0.3 is 0 Å². The van der Waals surface area contributed by atoms with Crippen LogP contribution in [0.4, 0.5) is 10.8 Å². The Morgan fingerprint density at radius 1 is 1.14 bits per heavy atom. The Labute approximate surface area is 176 Å². The third kappa shape index (κ3) is 5.23. The van der Waals surface area contributed by atoms with E-state index in [4.69, 9.17) is 23.2 Å². The highest BCUT2D eigenvalue weighted by molar-refractivity contribution is 7.93. The summed E-state index contributed by atoms with van der Waals surface area (Å²) in [6.07, 6.45) is 0.00463. The first kappa shape index (κ1) is 20.6. The number of benzene rings is 2. The molecule has 0 unspecified atom stereocenters. The van der Waals surface area contributed by atoms with Crippen molar-refractivity contribution in [1.82, 2.24) is 4.98 Å². The summed E-state index contributed by atoms with van der Waals surface area (Å²) in [7, 11) is -3.78. The molecule has 146 valence electrons. The topological polar surface area (TPSA) is 88.2 Å². The molecule has 0 spiro atoms. The van der Waals surface area contributed by atoms with Gasteiger partial charge in [0.2, 0.25) is 5.91 Å². The van der Waals surface area contributed by atoms with Crippen molar-refractivity contribution in [1.29, 1.82) is 0 Å². The number of nitrogens with one attached hydrogen (secondary N) is 2. The quantitative estimate of drug-likeness (QED) is 0.561. The molecule has 3 rings (SSSR count). The second kappa shape index (κ2) is 8.48. The first-order valence-electron chi connectivity index (χ1n) is 8.02. The first-order valence-corrected chi connectivity index (χ1v) is 11.1. The zero-order valence-electron chi connectivity index (χ0n) is 14.6. The van der Waals surface area contributed by atoms with Gasteiger partial charge in [0.05, 0.1) is 17.0 Å². The van der Waals surface area contributed by atoms with Gasteiger partial charge in [-0.2, -0.15) is 0 Å². The van der Waals surface area contributed by atoms with E-state index in [1.807, 2.05) is 13.0 Å². The van der Waals surface area contributed by atoms with Crippen LogP contribution in [0.2, 0.25) is 10.0 Å². The van der Waals surface area contributed by atoms with Crippen LogP contribution in [0.3, 0.4) is 0 Å². The van der Waals surface area contributed by atoms with Crippen molar-refractivity contribution in [2.75, 3.05) is 10.0 Å². The van der Waals surface area contributed by atoms with Crippen molar-refractivity contribution >= 4 is 61.3 Å². The lowest BCUT2D eigenvalue weighted by Crippen LogP contribution is -2.15. The van der Waals surface area contributed by atoms with Gasteiger partial charge in [0.1, 0.15) is 0 Å². The number of thiazole rings is 1. The van der Waals surface area contributed by atoms with Crippen LogP contribution in [-0.4, -0.2) is 19.3 Å². The largest absolute Gasteiger partial charge is 0.326 e. The molecule has 6 nitrogen and oxygen atoms in total. The van der Waals surface area contributed by atoms with E-state index >= 15 is 0 Å². The molecule has 3 aromatic rings. The number of halogens is 2. The number of rotatable bonds is 6. The smallest absolute Gasteiger partial charge is 0.263 e. The van der Waals surface area contributed by atoms with Gasteiger partial charge in [0.15, 0.2) is 5.13 Å². The normalized spacial score (nSPS) is 11.2. The predicted octanol–water partition coefficient (Wildman–Crippen LogP) is 4.74. The molecule has 0 radical (unpaired) electrons. The Morgan fingerprint density at radius 3 is 2.54 bits per heavy atom. The lowest BCUT2D eigenvalue weighted by molar-refractivity contribution is -0.115. The van der Waals surface area contributed by atoms with Gasteiger partial charge < -0.3 is 5.32 Å². The van der Waals surface area contributed by atoms with E-state index in [1.54, 1.807) is 17.5 Å².